The first-order chi connectivity index (χ1) is 14.2. The van der Waals surface area contributed by atoms with E-state index in [0.717, 1.165) is 55.7 Å². The minimum atomic E-state index is -0.427. The molecule has 2 heterocycles. The van der Waals surface area contributed by atoms with E-state index in [-0.39, 0.29) is 18.2 Å². The van der Waals surface area contributed by atoms with Crippen LogP contribution in [-0.2, 0) is 4.74 Å². The predicted octanol–water partition coefficient (Wildman–Crippen LogP) is 5.21. The highest BCUT2D eigenvalue weighted by Crippen LogP contribution is 2.32. The first kappa shape index (κ1) is 22.1. The van der Waals surface area contributed by atoms with Crippen molar-refractivity contribution < 1.29 is 18.4 Å². The number of carbonyl (C=O) groups is 1. The Bertz CT molecular complexity index is 959. The van der Waals surface area contributed by atoms with Gasteiger partial charge in [-0.2, -0.15) is 0 Å². The van der Waals surface area contributed by atoms with Crippen molar-refractivity contribution >= 4 is 35.2 Å². The molecule has 0 radical (unpaired) electrons. The van der Waals surface area contributed by atoms with E-state index in [0.29, 0.717) is 18.1 Å². The van der Waals surface area contributed by atoms with Crippen molar-refractivity contribution in [2.75, 3.05) is 31.6 Å². The molecule has 0 aliphatic carbocycles. The van der Waals surface area contributed by atoms with Gasteiger partial charge in [-0.05, 0) is 56.6 Å². The third-order valence-corrected chi connectivity index (χ3v) is 5.31. The van der Waals surface area contributed by atoms with Crippen LogP contribution in [0.1, 0.15) is 30.9 Å². The van der Waals surface area contributed by atoms with Crippen molar-refractivity contribution in [2.24, 2.45) is 0 Å². The van der Waals surface area contributed by atoms with Crippen LogP contribution in [-0.4, -0.2) is 42.4 Å². The van der Waals surface area contributed by atoms with Crippen molar-refractivity contribution in [2.45, 2.75) is 25.2 Å². The number of fused-ring (bicyclic) bond motifs is 1. The van der Waals surface area contributed by atoms with E-state index in [1.54, 1.807) is 6.07 Å². The van der Waals surface area contributed by atoms with Crippen molar-refractivity contribution in [3.05, 3.63) is 60.0 Å². The highest BCUT2D eigenvalue weighted by atomic mass is 35.5. The molecular formula is C22H25ClFN3O3. The van der Waals surface area contributed by atoms with Crippen LogP contribution in [0.25, 0.3) is 11.0 Å². The molecule has 0 spiro atoms. The summed E-state index contributed by atoms with van der Waals surface area (Å²) in [6.07, 6.45) is 2.33. The molecule has 0 atom stereocenters. The van der Waals surface area contributed by atoms with Gasteiger partial charge in [0.15, 0.2) is 5.58 Å². The fourth-order valence-electron chi connectivity index (χ4n) is 3.78. The minimum absolute atomic E-state index is 0. The molecule has 1 aliphatic rings. The number of para-hydroxylation sites is 1. The van der Waals surface area contributed by atoms with Crippen LogP contribution >= 0.6 is 12.4 Å². The van der Waals surface area contributed by atoms with Gasteiger partial charge in [-0.1, -0.05) is 23.4 Å². The molecule has 1 fully saturated rings. The third kappa shape index (κ3) is 5.49. The summed E-state index contributed by atoms with van der Waals surface area (Å²) in [4.78, 5) is 14.2. The summed E-state index contributed by atoms with van der Waals surface area (Å²) in [5.41, 5.74) is 2.16. The topological polar surface area (TPSA) is 67.6 Å². The van der Waals surface area contributed by atoms with E-state index >= 15 is 0 Å². The van der Waals surface area contributed by atoms with E-state index in [2.05, 4.69) is 15.4 Å². The van der Waals surface area contributed by atoms with Gasteiger partial charge in [0.25, 0.3) is 0 Å². The molecule has 1 N–H and O–H groups in total. The molecule has 1 aromatic heterocycles. The zero-order valence-corrected chi connectivity index (χ0v) is 17.4. The molecule has 1 saturated heterocycles. The quantitative estimate of drug-likeness (QED) is 0.540. The smallest absolute Gasteiger partial charge is 0.411 e. The Labute approximate surface area is 180 Å². The van der Waals surface area contributed by atoms with E-state index in [4.69, 9.17) is 9.26 Å². The summed E-state index contributed by atoms with van der Waals surface area (Å²) >= 11 is 0. The number of carbonyl (C=O) groups excluding carboxylic acids is 1. The fraction of sp³-hybridized carbons (Fsp3) is 0.364. The lowest BCUT2D eigenvalue weighted by atomic mass is 9.91. The number of likely N-dealkylation sites (tertiary alicyclic amines) is 1. The van der Waals surface area contributed by atoms with Crippen LogP contribution in [0.4, 0.5) is 14.9 Å². The van der Waals surface area contributed by atoms with E-state index in [9.17, 15) is 9.18 Å². The van der Waals surface area contributed by atoms with E-state index in [1.165, 1.54) is 12.1 Å². The molecule has 0 saturated carbocycles. The highest BCUT2D eigenvalue weighted by Gasteiger charge is 2.25. The molecule has 4 rings (SSSR count). The molecule has 160 valence electrons. The molecule has 3 aromatic rings. The van der Waals surface area contributed by atoms with Crippen molar-refractivity contribution in [1.82, 2.24) is 10.1 Å². The molecule has 2 aromatic carbocycles. The van der Waals surface area contributed by atoms with E-state index < -0.39 is 6.09 Å². The maximum Gasteiger partial charge on any atom is 0.411 e. The predicted molar refractivity (Wildman–Crippen MR) is 116 cm³/mol. The van der Waals surface area contributed by atoms with Crippen molar-refractivity contribution in [3.8, 4) is 0 Å². The molecule has 30 heavy (non-hydrogen) atoms. The zero-order chi connectivity index (χ0) is 20.1. The first-order valence-corrected chi connectivity index (χ1v) is 9.95. The largest absolute Gasteiger partial charge is 0.449 e. The van der Waals surface area contributed by atoms with Crippen LogP contribution in [0.15, 0.2) is 53.1 Å². The van der Waals surface area contributed by atoms with Crippen LogP contribution < -0.4 is 5.32 Å². The van der Waals surface area contributed by atoms with Crippen molar-refractivity contribution in [1.29, 1.82) is 0 Å². The average molecular weight is 434 g/mol. The Hall–Kier alpha value is -2.64. The maximum atomic E-state index is 13.3. The minimum Gasteiger partial charge on any atom is -0.449 e. The number of rotatable bonds is 6. The highest BCUT2D eigenvalue weighted by molar-refractivity contribution is 5.85. The van der Waals surface area contributed by atoms with Gasteiger partial charge in [-0.15, -0.1) is 12.4 Å². The maximum absolute atomic E-state index is 13.3. The zero-order valence-electron chi connectivity index (χ0n) is 16.6. The van der Waals surface area contributed by atoms with Gasteiger partial charge in [-0.3, -0.25) is 5.32 Å². The lowest BCUT2D eigenvalue weighted by molar-refractivity contribution is 0.145. The first-order valence-electron chi connectivity index (χ1n) is 9.95. The van der Waals surface area contributed by atoms with Gasteiger partial charge in [0.05, 0.1) is 12.3 Å². The van der Waals surface area contributed by atoms with Crippen LogP contribution in [0.2, 0.25) is 0 Å². The third-order valence-electron chi connectivity index (χ3n) is 5.31. The number of amides is 1. The molecule has 0 unspecified atom stereocenters. The van der Waals surface area contributed by atoms with Crippen LogP contribution in [0.3, 0.4) is 0 Å². The number of nitrogens with one attached hydrogen (secondary N) is 1. The monoisotopic (exact) mass is 433 g/mol. The normalized spacial score (nSPS) is 15.0. The average Bonchev–Trinajstić information content (AvgIpc) is 3.15. The Morgan fingerprint density at radius 1 is 1.20 bits per heavy atom. The Morgan fingerprint density at radius 3 is 2.73 bits per heavy atom. The van der Waals surface area contributed by atoms with Gasteiger partial charge in [0, 0.05) is 29.6 Å². The summed E-state index contributed by atoms with van der Waals surface area (Å²) in [5.74, 6) is 0.0144. The number of ether oxygens (including phenoxy) is 1. The summed E-state index contributed by atoms with van der Waals surface area (Å²) in [5, 5.41) is 7.80. The molecule has 1 amide bonds. The number of piperidine rings is 1. The Morgan fingerprint density at radius 2 is 1.97 bits per heavy atom. The van der Waals surface area contributed by atoms with Crippen LogP contribution in [0.5, 0.6) is 0 Å². The second kappa shape index (κ2) is 10.4. The van der Waals surface area contributed by atoms with E-state index in [1.807, 2.05) is 30.3 Å². The number of hydrogen-bond donors (Lipinski definition) is 1. The number of aromatic nitrogens is 1. The van der Waals surface area contributed by atoms with Gasteiger partial charge in [0.1, 0.15) is 5.82 Å². The number of nitrogens with zero attached hydrogens (tertiary/aromatic N) is 2. The van der Waals surface area contributed by atoms with Gasteiger partial charge in [0.2, 0.25) is 0 Å². The Kier molecular flexibility index (Phi) is 7.65. The number of benzene rings is 2. The molecule has 6 nitrogen and oxygen atoms in total. The number of halogens is 2. The summed E-state index contributed by atoms with van der Waals surface area (Å²) in [6.45, 7) is 3.18. The second-order valence-corrected chi connectivity index (χ2v) is 7.30. The summed E-state index contributed by atoms with van der Waals surface area (Å²) in [6, 6.07) is 13.8. The fourth-order valence-corrected chi connectivity index (χ4v) is 3.78. The second-order valence-electron chi connectivity index (χ2n) is 7.30. The SMILES string of the molecule is Cl.O=C(Nc1ccccc1)OCCCN1CCC(c2noc3cc(F)ccc23)CC1. The Balaban J connectivity index is 0.00000256. The summed E-state index contributed by atoms with van der Waals surface area (Å²) < 4.78 is 23.9. The van der Waals surface area contributed by atoms with Gasteiger partial charge < -0.3 is 14.2 Å². The lowest BCUT2D eigenvalue weighted by Crippen LogP contribution is -2.34. The lowest BCUT2D eigenvalue weighted by Gasteiger charge is -2.31. The molecular weight excluding hydrogens is 409 g/mol. The molecule has 0 bridgehead atoms. The molecule has 1 aliphatic heterocycles. The van der Waals surface area contributed by atoms with Gasteiger partial charge >= 0.3 is 6.09 Å². The number of hydrogen-bond acceptors (Lipinski definition) is 5. The van der Waals surface area contributed by atoms with Crippen LogP contribution in [0, 0.1) is 5.82 Å². The van der Waals surface area contributed by atoms with Gasteiger partial charge in [-0.25, -0.2) is 9.18 Å². The standard InChI is InChI=1S/C22H24FN3O3.ClH/c23-17-7-8-19-20(15-17)29-25-21(19)16-9-12-26(13-10-16)11-4-14-28-22(27)24-18-5-2-1-3-6-18;/h1-3,5-8,15-16H,4,9-14H2,(H,24,27);1H. The molecule has 8 heteroatoms. The number of anilines is 1. The summed E-state index contributed by atoms with van der Waals surface area (Å²) in [7, 11) is 0. The van der Waals surface area contributed by atoms with Crippen molar-refractivity contribution in [3.63, 3.8) is 0 Å².